The maximum absolute atomic E-state index is 13.3. The van der Waals surface area contributed by atoms with E-state index in [1.807, 2.05) is 35.2 Å². The van der Waals surface area contributed by atoms with Crippen molar-refractivity contribution in [2.45, 2.75) is 63.8 Å². The molecule has 156 valence electrons. The molecular weight excluding hydrogens is 362 g/mol. The van der Waals surface area contributed by atoms with Gasteiger partial charge in [-0.25, -0.2) is 5.43 Å². The highest BCUT2D eigenvalue weighted by molar-refractivity contribution is 5.86. The number of nitrogens with one attached hydrogen (secondary N) is 2. The molecule has 0 radical (unpaired) electrons. The molecule has 4 aliphatic carbocycles. The number of carbonyl (C=O) groups is 2. The number of hydrogen-bond acceptors (Lipinski definition) is 3. The molecule has 4 bridgehead atoms. The number of carbonyl (C=O) groups excluding carboxylic acids is 2. The SMILES string of the molecule is O=C([C@@H](NNC(=O)C12CC3CC(CC(C3)C1)C2)c1ccccc1)N1CCCCC1. The second-order valence-corrected chi connectivity index (χ2v) is 10.0. The monoisotopic (exact) mass is 395 g/mol. The van der Waals surface area contributed by atoms with E-state index in [0.717, 1.165) is 68.5 Å². The lowest BCUT2D eigenvalue weighted by atomic mass is 9.49. The van der Waals surface area contributed by atoms with Crippen molar-refractivity contribution < 1.29 is 9.59 Å². The fourth-order valence-corrected chi connectivity index (χ4v) is 6.89. The van der Waals surface area contributed by atoms with Crippen LogP contribution in [0.5, 0.6) is 0 Å². The average molecular weight is 396 g/mol. The summed E-state index contributed by atoms with van der Waals surface area (Å²) >= 11 is 0. The Hall–Kier alpha value is -1.88. The van der Waals surface area contributed by atoms with Crippen molar-refractivity contribution in [3.63, 3.8) is 0 Å². The zero-order valence-electron chi connectivity index (χ0n) is 17.2. The molecule has 5 heteroatoms. The molecule has 29 heavy (non-hydrogen) atoms. The molecule has 2 N–H and O–H groups in total. The maximum Gasteiger partial charge on any atom is 0.246 e. The molecule has 4 saturated carbocycles. The lowest BCUT2D eigenvalue weighted by Gasteiger charge is -2.55. The summed E-state index contributed by atoms with van der Waals surface area (Å²) in [6.45, 7) is 1.62. The summed E-state index contributed by atoms with van der Waals surface area (Å²) < 4.78 is 0. The van der Waals surface area contributed by atoms with Crippen molar-refractivity contribution in [3.8, 4) is 0 Å². The van der Waals surface area contributed by atoms with Crippen molar-refractivity contribution in [2.75, 3.05) is 13.1 Å². The molecule has 0 spiro atoms. The summed E-state index contributed by atoms with van der Waals surface area (Å²) in [4.78, 5) is 28.6. The van der Waals surface area contributed by atoms with Gasteiger partial charge < -0.3 is 4.90 Å². The van der Waals surface area contributed by atoms with Gasteiger partial charge >= 0.3 is 0 Å². The van der Waals surface area contributed by atoms with E-state index in [9.17, 15) is 9.59 Å². The Bertz CT molecular complexity index is 721. The van der Waals surface area contributed by atoms with Crippen LogP contribution in [0.4, 0.5) is 0 Å². The average Bonchev–Trinajstić information content (AvgIpc) is 2.74. The molecule has 5 aliphatic rings. The van der Waals surface area contributed by atoms with E-state index in [-0.39, 0.29) is 17.2 Å². The van der Waals surface area contributed by atoms with Crippen LogP contribution in [0.3, 0.4) is 0 Å². The Morgan fingerprint density at radius 1 is 0.897 bits per heavy atom. The van der Waals surface area contributed by atoms with Gasteiger partial charge in [0.05, 0.1) is 5.41 Å². The largest absolute Gasteiger partial charge is 0.341 e. The predicted molar refractivity (Wildman–Crippen MR) is 111 cm³/mol. The molecule has 1 aromatic carbocycles. The minimum absolute atomic E-state index is 0.0710. The minimum atomic E-state index is -0.521. The molecule has 1 atom stereocenters. The number of likely N-dealkylation sites (tertiary alicyclic amines) is 1. The van der Waals surface area contributed by atoms with Crippen LogP contribution in [0.2, 0.25) is 0 Å². The third kappa shape index (κ3) is 3.70. The first-order valence-corrected chi connectivity index (χ1v) is 11.5. The Morgan fingerprint density at radius 2 is 1.48 bits per heavy atom. The van der Waals surface area contributed by atoms with E-state index in [1.54, 1.807) is 0 Å². The van der Waals surface area contributed by atoms with Crippen LogP contribution < -0.4 is 10.9 Å². The summed E-state index contributed by atoms with van der Waals surface area (Å²) in [5.74, 6) is 2.37. The van der Waals surface area contributed by atoms with Crippen LogP contribution in [0, 0.1) is 23.2 Å². The van der Waals surface area contributed by atoms with Gasteiger partial charge in [0, 0.05) is 13.1 Å². The summed E-state index contributed by atoms with van der Waals surface area (Å²) in [5, 5.41) is 0. The Labute approximate surface area is 173 Å². The van der Waals surface area contributed by atoms with E-state index in [2.05, 4.69) is 10.9 Å². The molecule has 1 saturated heterocycles. The number of amides is 2. The van der Waals surface area contributed by atoms with Crippen LogP contribution in [0.1, 0.15) is 69.4 Å². The van der Waals surface area contributed by atoms with E-state index in [1.165, 1.54) is 25.7 Å². The molecule has 5 nitrogen and oxygen atoms in total. The number of nitrogens with zero attached hydrogens (tertiary/aromatic N) is 1. The second kappa shape index (κ2) is 7.75. The van der Waals surface area contributed by atoms with Crippen LogP contribution in [-0.2, 0) is 9.59 Å². The highest BCUT2D eigenvalue weighted by atomic mass is 16.2. The summed E-state index contributed by atoms with van der Waals surface area (Å²) in [6.07, 6.45) is 10.4. The first kappa shape index (κ1) is 19.1. The first-order valence-electron chi connectivity index (χ1n) is 11.5. The van der Waals surface area contributed by atoms with Gasteiger partial charge in [-0.1, -0.05) is 30.3 Å². The zero-order chi connectivity index (χ0) is 19.8. The highest BCUT2D eigenvalue weighted by Crippen LogP contribution is 2.60. The number of piperidine rings is 1. The van der Waals surface area contributed by atoms with Crippen LogP contribution in [0.25, 0.3) is 0 Å². The summed E-state index contributed by atoms with van der Waals surface area (Å²) in [5.41, 5.74) is 6.89. The summed E-state index contributed by atoms with van der Waals surface area (Å²) in [6, 6.07) is 9.28. The third-order valence-corrected chi connectivity index (χ3v) is 7.90. The Kier molecular flexibility index (Phi) is 5.10. The number of rotatable bonds is 5. The fraction of sp³-hybridized carbons (Fsp3) is 0.667. The number of hydrazine groups is 1. The predicted octanol–water partition coefficient (Wildman–Crippen LogP) is 3.58. The molecule has 5 fully saturated rings. The normalized spacial score (nSPS) is 34.1. The zero-order valence-corrected chi connectivity index (χ0v) is 17.2. The maximum atomic E-state index is 13.3. The fourth-order valence-electron chi connectivity index (χ4n) is 6.89. The smallest absolute Gasteiger partial charge is 0.246 e. The Balaban J connectivity index is 1.30. The molecule has 1 aromatic rings. The number of benzene rings is 1. The van der Waals surface area contributed by atoms with Crippen molar-refractivity contribution in [1.82, 2.24) is 15.8 Å². The molecule has 1 heterocycles. The van der Waals surface area contributed by atoms with Crippen molar-refractivity contribution >= 4 is 11.8 Å². The van der Waals surface area contributed by atoms with Crippen molar-refractivity contribution in [3.05, 3.63) is 35.9 Å². The third-order valence-electron chi connectivity index (χ3n) is 7.90. The molecule has 0 aromatic heterocycles. The standard InChI is InChI=1S/C24H33N3O2/c28-22(27-9-5-2-6-10-27)21(20-7-3-1-4-8-20)25-26-23(29)24-14-17-11-18(15-24)13-19(12-17)16-24/h1,3-4,7-8,17-19,21,25H,2,5-6,9-16H2,(H,26,29)/t17?,18?,19?,21-,24?/m0/s1. The van der Waals surface area contributed by atoms with Gasteiger partial charge in [0.1, 0.15) is 6.04 Å². The molecule has 6 rings (SSSR count). The molecule has 0 unspecified atom stereocenters. The van der Waals surface area contributed by atoms with Crippen molar-refractivity contribution in [1.29, 1.82) is 0 Å². The second-order valence-electron chi connectivity index (χ2n) is 10.0. The van der Waals surface area contributed by atoms with Gasteiger partial charge in [0.2, 0.25) is 11.8 Å². The van der Waals surface area contributed by atoms with E-state index < -0.39 is 6.04 Å². The summed E-state index contributed by atoms with van der Waals surface area (Å²) in [7, 11) is 0. The molecule has 1 aliphatic heterocycles. The minimum Gasteiger partial charge on any atom is -0.341 e. The van der Waals surface area contributed by atoms with E-state index >= 15 is 0 Å². The Morgan fingerprint density at radius 3 is 2.07 bits per heavy atom. The van der Waals surface area contributed by atoms with Gasteiger partial charge in [-0.2, -0.15) is 0 Å². The van der Waals surface area contributed by atoms with E-state index in [0.29, 0.717) is 0 Å². The van der Waals surface area contributed by atoms with Gasteiger partial charge in [0.25, 0.3) is 0 Å². The van der Waals surface area contributed by atoms with Gasteiger partial charge in [-0.05, 0) is 81.1 Å². The van der Waals surface area contributed by atoms with Crippen LogP contribution >= 0.6 is 0 Å². The topological polar surface area (TPSA) is 61.4 Å². The first-order chi connectivity index (χ1) is 14.1. The quantitative estimate of drug-likeness (QED) is 0.749. The molecular formula is C24H33N3O2. The van der Waals surface area contributed by atoms with Gasteiger partial charge in [0.15, 0.2) is 0 Å². The van der Waals surface area contributed by atoms with Crippen LogP contribution in [-0.4, -0.2) is 29.8 Å². The van der Waals surface area contributed by atoms with E-state index in [4.69, 9.17) is 0 Å². The van der Waals surface area contributed by atoms with Crippen LogP contribution in [0.15, 0.2) is 30.3 Å². The van der Waals surface area contributed by atoms with Crippen molar-refractivity contribution in [2.24, 2.45) is 23.2 Å². The lowest BCUT2D eigenvalue weighted by molar-refractivity contribution is -0.148. The molecule has 2 amide bonds. The lowest BCUT2D eigenvalue weighted by Crippen LogP contribution is -2.57. The van der Waals surface area contributed by atoms with Gasteiger partial charge in [-0.15, -0.1) is 0 Å². The number of hydrogen-bond donors (Lipinski definition) is 2. The van der Waals surface area contributed by atoms with Gasteiger partial charge in [-0.3, -0.25) is 15.0 Å². The highest BCUT2D eigenvalue weighted by Gasteiger charge is 2.54.